The van der Waals surface area contributed by atoms with Crippen LogP contribution in [0.15, 0.2) is 24.3 Å². The summed E-state index contributed by atoms with van der Waals surface area (Å²) in [5, 5.41) is 0. The van der Waals surface area contributed by atoms with Gasteiger partial charge in [-0.2, -0.15) is 0 Å². The molecule has 0 amide bonds. The zero-order valence-electron chi connectivity index (χ0n) is 8.31. The molecule has 0 bridgehead atoms. The van der Waals surface area contributed by atoms with Crippen LogP contribution in [-0.4, -0.2) is 25.7 Å². The van der Waals surface area contributed by atoms with E-state index in [-0.39, 0.29) is 18.4 Å². The van der Waals surface area contributed by atoms with Crippen LogP contribution in [0, 0.1) is 0 Å². The largest absolute Gasteiger partial charge is 0.352 e. The van der Waals surface area contributed by atoms with Crippen molar-refractivity contribution in [3.63, 3.8) is 0 Å². The molecule has 0 saturated carbocycles. The summed E-state index contributed by atoms with van der Waals surface area (Å²) in [7, 11) is 0. The molecule has 1 fully saturated rings. The lowest BCUT2D eigenvalue weighted by Gasteiger charge is -2.07. The van der Waals surface area contributed by atoms with Gasteiger partial charge in [-0.15, -0.1) is 0 Å². The van der Waals surface area contributed by atoms with Crippen LogP contribution in [0.1, 0.15) is 22.0 Å². The predicted octanol–water partition coefficient (Wildman–Crippen LogP) is 0.873. The minimum absolute atomic E-state index is 0.00738. The number of ether oxygens (including phenoxy) is 2. The molecule has 0 aromatic heterocycles. The van der Waals surface area contributed by atoms with Crippen LogP contribution in [0.2, 0.25) is 0 Å². The van der Waals surface area contributed by atoms with Gasteiger partial charge in [0.05, 0.1) is 13.2 Å². The van der Waals surface area contributed by atoms with Gasteiger partial charge in [0.1, 0.15) is 12.9 Å². The number of hydrogen-bond acceptors (Lipinski definition) is 4. The first-order valence-corrected chi connectivity index (χ1v) is 4.84. The van der Waals surface area contributed by atoms with Gasteiger partial charge in [0, 0.05) is 5.56 Å². The van der Waals surface area contributed by atoms with Crippen LogP contribution < -0.4 is 5.73 Å². The number of carbonyl (C=O) groups is 1. The van der Waals surface area contributed by atoms with Crippen molar-refractivity contribution >= 4 is 5.78 Å². The molecule has 1 aromatic carbocycles. The van der Waals surface area contributed by atoms with Crippen molar-refractivity contribution in [3.8, 4) is 0 Å². The van der Waals surface area contributed by atoms with E-state index in [4.69, 9.17) is 15.2 Å². The van der Waals surface area contributed by atoms with Crippen molar-refractivity contribution in [1.29, 1.82) is 0 Å². The first kappa shape index (κ1) is 10.3. The van der Waals surface area contributed by atoms with Crippen molar-refractivity contribution in [3.05, 3.63) is 35.4 Å². The fraction of sp³-hybridized carbons (Fsp3) is 0.364. The molecule has 4 nitrogen and oxygen atoms in total. The molecule has 2 rings (SSSR count). The lowest BCUT2D eigenvalue weighted by atomic mass is 10.1. The normalized spacial score (nSPS) is 20.5. The molecule has 1 unspecified atom stereocenters. The summed E-state index contributed by atoms with van der Waals surface area (Å²) in [5.41, 5.74) is 6.94. The summed E-state index contributed by atoms with van der Waals surface area (Å²) < 4.78 is 10.4. The van der Waals surface area contributed by atoms with Crippen molar-refractivity contribution in [2.75, 3.05) is 19.9 Å². The van der Waals surface area contributed by atoms with Crippen LogP contribution in [0.4, 0.5) is 0 Å². The van der Waals surface area contributed by atoms with Crippen LogP contribution >= 0.6 is 0 Å². The van der Waals surface area contributed by atoms with Gasteiger partial charge in [0.25, 0.3) is 0 Å². The number of hydrogen-bond donors (Lipinski definition) is 1. The summed E-state index contributed by atoms with van der Waals surface area (Å²) in [5.74, 6) is -0.0508. The number of nitrogens with two attached hydrogens (primary N) is 1. The van der Waals surface area contributed by atoms with Crippen LogP contribution in [0.25, 0.3) is 0 Å². The fourth-order valence-corrected chi connectivity index (χ4v) is 1.53. The van der Waals surface area contributed by atoms with E-state index < -0.39 is 0 Å². The highest BCUT2D eigenvalue weighted by molar-refractivity contribution is 5.97. The highest BCUT2D eigenvalue weighted by Gasteiger charge is 2.18. The number of Topliss-reactive ketones (excluding diaryl/α,β-unsaturated/α-hetero) is 1. The summed E-state index contributed by atoms with van der Waals surface area (Å²) in [6, 6.07) is 7.29. The average molecular weight is 207 g/mol. The number of benzene rings is 1. The quantitative estimate of drug-likeness (QED) is 0.747. The van der Waals surface area contributed by atoms with Gasteiger partial charge in [0.15, 0.2) is 5.78 Å². The molecule has 15 heavy (non-hydrogen) atoms. The minimum atomic E-state index is -0.0508. The second kappa shape index (κ2) is 4.53. The topological polar surface area (TPSA) is 61.6 Å². The highest BCUT2D eigenvalue weighted by atomic mass is 16.7. The maximum absolute atomic E-state index is 11.3. The average Bonchev–Trinajstić information content (AvgIpc) is 2.82. The summed E-state index contributed by atoms with van der Waals surface area (Å²) in [6.07, 6.45) is -0.00738. The molecule has 2 N–H and O–H groups in total. The standard InChI is InChI=1S/C11H13NO3/c12-5-10(13)8-1-3-9(4-2-8)11-6-14-7-15-11/h1-4,11H,5-7,12H2. The fourth-order valence-electron chi connectivity index (χ4n) is 1.53. The van der Waals surface area contributed by atoms with Crippen LogP contribution in [-0.2, 0) is 9.47 Å². The molecule has 1 heterocycles. The maximum atomic E-state index is 11.3. The van der Waals surface area contributed by atoms with E-state index in [0.29, 0.717) is 19.0 Å². The Morgan fingerprint density at radius 1 is 1.40 bits per heavy atom. The van der Waals surface area contributed by atoms with Gasteiger partial charge >= 0.3 is 0 Å². The first-order valence-electron chi connectivity index (χ1n) is 4.84. The van der Waals surface area contributed by atoms with Gasteiger partial charge in [-0.05, 0) is 5.56 Å². The Kier molecular flexibility index (Phi) is 3.11. The molecular formula is C11H13NO3. The Hall–Kier alpha value is -1.23. The Balaban J connectivity index is 2.12. The Morgan fingerprint density at radius 3 is 2.67 bits per heavy atom. The maximum Gasteiger partial charge on any atom is 0.176 e. The Bertz CT molecular complexity index is 341. The van der Waals surface area contributed by atoms with Gasteiger partial charge in [-0.3, -0.25) is 4.79 Å². The summed E-state index contributed by atoms with van der Waals surface area (Å²) in [6.45, 7) is 0.959. The van der Waals surface area contributed by atoms with Crippen molar-refractivity contribution < 1.29 is 14.3 Å². The van der Waals surface area contributed by atoms with E-state index >= 15 is 0 Å². The Labute approximate surface area is 88.0 Å². The number of ketones is 1. The zero-order chi connectivity index (χ0) is 10.7. The van der Waals surface area contributed by atoms with Crippen molar-refractivity contribution in [2.45, 2.75) is 6.10 Å². The molecule has 1 aliphatic rings. The van der Waals surface area contributed by atoms with Gasteiger partial charge in [-0.25, -0.2) is 0 Å². The number of carbonyl (C=O) groups excluding carboxylic acids is 1. The molecule has 0 aliphatic carbocycles. The lowest BCUT2D eigenvalue weighted by Crippen LogP contribution is -2.13. The van der Waals surface area contributed by atoms with Crippen molar-refractivity contribution in [2.24, 2.45) is 5.73 Å². The monoisotopic (exact) mass is 207 g/mol. The second-order valence-corrected chi connectivity index (χ2v) is 3.39. The van der Waals surface area contributed by atoms with E-state index in [2.05, 4.69) is 0 Å². The van der Waals surface area contributed by atoms with Gasteiger partial charge in [-0.1, -0.05) is 24.3 Å². The highest BCUT2D eigenvalue weighted by Crippen LogP contribution is 2.22. The molecule has 0 spiro atoms. The summed E-state index contributed by atoms with van der Waals surface area (Å²) in [4.78, 5) is 11.3. The molecule has 0 radical (unpaired) electrons. The molecule has 80 valence electrons. The predicted molar refractivity (Wildman–Crippen MR) is 54.5 cm³/mol. The molecule has 1 aliphatic heterocycles. The number of rotatable bonds is 3. The third-order valence-corrected chi connectivity index (χ3v) is 2.41. The molecule has 4 heteroatoms. The first-order chi connectivity index (χ1) is 7.31. The molecular weight excluding hydrogens is 194 g/mol. The summed E-state index contributed by atoms with van der Waals surface area (Å²) >= 11 is 0. The van der Waals surface area contributed by atoms with Gasteiger partial charge in [0.2, 0.25) is 0 Å². The third kappa shape index (κ3) is 2.23. The van der Waals surface area contributed by atoms with Gasteiger partial charge < -0.3 is 15.2 Å². The third-order valence-electron chi connectivity index (χ3n) is 2.41. The van der Waals surface area contributed by atoms with E-state index in [0.717, 1.165) is 5.56 Å². The van der Waals surface area contributed by atoms with Crippen LogP contribution in [0.5, 0.6) is 0 Å². The van der Waals surface area contributed by atoms with E-state index in [1.165, 1.54) is 0 Å². The lowest BCUT2D eigenvalue weighted by molar-refractivity contribution is 0.0466. The van der Waals surface area contributed by atoms with Crippen molar-refractivity contribution in [1.82, 2.24) is 0 Å². The molecule has 1 saturated heterocycles. The van der Waals surface area contributed by atoms with E-state index in [1.54, 1.807) is 12.1 Å². The van der Waals surface area contributed by atoms with E-state index in [1.807, 2.05) is 12.1 Å². The van der Waals surface area contributed by atoms with E-state index in [9.17, 15) is 4.79 Å². The molecule has 1 aromatic rings. The SMILES string of the molecule is NCC(=O)c1ccc(C2COCO2)cc1. The molecule has 1 atom stereocenters. The second-order valence-electron chi connectivity index (χ2n) is 3.39. The minimum Gasteiger partial charge on any atom is -0.352 e. The Morgan fingerprint density at radius 2 is 2.13 bits per heavy atom. The zero-order valence-corrected chi connectivity index (χ0v) is 8.31. The van der Waals surface area contributed by atoms with Crippen LogP contribution in [0.3, 0.4) is 0 Å². The smallest absolute Gasteiger partial charge is 0.176 e.